The third-order valence-corrected chi connectivity index (χ3v) is 1.55. The Kier molecular flexibility index (Phi) is 28.5. The Morgan fingerprint density at radius 1 is 0.643 bits per heavy atom. The first-order valence-electron chi connectivity index (χ1n) is 1.37. The van der Waals surface area contributed by atoms with Crippen molar-refractivity contribution in [3.8, 4) is 0 Å². The topological polar surface area (TPSA) is 275 Å². The summed E-state index contributed by atoms with van der Waals surface area (Å²) >= 11 is 0. The highest BCUT2D eigenvalue weighted by molar-refractivity contribution is 7.94. The van der Waals surface area contributed by atoms with E-state index in [4.69, 9.17) is 9.11 Å². The number of hydrogen-bond acceptors (Lipinski definition) is 5. The van der Waals surface area contributed by atoms with Crippen LogP contribution in [0.15, 0.2) is 0 Å². The molecule has 0 aromatic heterocycles. The van der Waals surface area contributed by atoms with E-state index in [1.54, 1.807) is 0 Å². The molecule has 0 heterocycles. The summed E-state index contributed by atoms with van der Waals surface area (Å²) in [5.41, 5.74) is 0. The van der Waals surface area contributed by atoms with Gasteiger partial charge in [-0.2, -0.15) is 16.8 Å². The fourth-order valence-corrected chi connectivity index (χ4v) is 0.978. The Morgan fingerprint density at radius 3 is 0.786 bits per heavy atom. The van der Waals surface area contributed by atoms with Crippen LogP contribution in [0.5, 0.6) is 0 Å². The molecule has 12 N–H and O–H groups in total. The molecule has 96 valence electrons. The lowest BCUT2D eigenvalue weighted by Gasteiger charge is -1.89. The quantitative estimate of drug-likeness (QED) is 0.457. The molecule has 0 bridgehead atoms. The largest absolute Gasteiger partial charge is 0.413 e. The van der Waals surface area contributed by atoms with E-state index in [0.29, 0.717) is 0 Å². The molecule has 0 aromatic carbocycles. The fraction of sp³-hybridized carbons (Fsp3) is 0. The van der Waals surface area contributed by atoms with Gasteiger partial charge in [-0.25, -0.2) is 0 Å². The second-order valence-corrected chi connectivity index (χ2v) is 3.18. The van der Waals surface area contributed by atoms with Crippen LogP contribution in [0.2, 0.25) is 0 Å². The average molecular weight is 268 g/mol. The van der Waals surface area contributed by atoms with Gasteiger partial charge < -0.3 is 27.4 Å². The third kappa shape index (κ3) is 41.6. The van der Waals surface area contributed by atoms with Gasteiger partial charge in [0.1, 0.15) is 0 Å². The maximum Gasteiger partial charge on any atom is 0.413 e. The normalized spacial score (nSPS) is 8.71. The minimum atomic E-state index is -5.12. The van der Waals surface area contributed by atoms with Gasteiger partial charge in [-0.15, -0.1) is 3.63 Å². The van der Waals surface area contributed by atoms with Crippen molar-refractivity contribution in [2.24, 2.45) is 0 Å². The van der Waals surface area contributed by atoms with E-state index in [0.717, 1.165) is 0 Å². The molecule has 0 aliphatic rings. The van der Waals surface area contributed by atoms with E-state index in [-0.39, 0.29) is 27.4 Å². The smallest absolute Gasteiger partial charge is 0.412 e. The van der Waals surface area contributed by atoms with Gasteiger partial charge in [0.15, 0.2) is 0 Å². The fourth-order valence-electron chi connectivity index (χ4n) is 0.109. The minimum Gasteiger partial charge on any atom is -0.412 e. The lowest BCUT2D eigenvalue weighted by Crippen LogP contribution is -2.10. The van der Waals surface area contributed by atoms with E-state index in [1.165, 1.54) is 0 Å². The molecule has 14 heavy (non-hydrogen) atoms. The Hall–Kier alpha value is -0.420. The van der Waals surface area contributed by atoms with Crippen LogP contribution in [0, 0.1) is 0 Å². The van der Waals surface area contributed by atoms with Crippen LogP contribution in [0.3, 0.4) is 0 Å². The molecule has 0 aliphatic carbocycles. The zero-order valence-electron chi connectivity index (χ0n) is 6.25. The van der Waals surface area contributed by atoms with Gasteiger partial charge in [0.05, 0.1) is 0 Å². The summed E-state index contributed by atoms with van der Waals surface area (Å²) in [7, 11) is -10.2. The summed E-state index contributed by atoms with van der Waals surface area (Å²) < 4.78 is 55.6. The predicted molar refractivity (Wildman–Crippen MR) is 42.3 cm³/mol. The third-order valence-electron chi connectivity index (χ3n) is 0.172. The summed E-state index contributed by atoms with van der Waals surface area (Å²) in [4.78, 5) is 0. The van der Waals surface area contributed by atoms with Crippen LogP contribution in [0.4, 0.5) is 0 Å². The molecule has 0 unspecified atom stereocenters. The molecule has 0 aromatic rings. The van der Waals surface area contributed by atoms with Gasteiger partial charge in [0.2, 0.25) is 0 Å². The monoisotopic (exact) mass is 268 g/mol. The molecule has 0 saturated carbocycles. The molecule has 0 aliphatic heterocycles. The van der Waals surface area contributed by atoms with Gasteiger partial charge >= 0.3 is 20.8 Å². The van der Waals surface area contributed by atoms with Crippen LogP contribution in [0.1, 0.15) is 0 Å². The zero-order chi connectivity index (χ0) is 7.71. The Bertz CT molecular complexity index is 233. The van der Waals surface area contributed by atoms with E-state index in [1.807, 2.05) is 0 Å². The first kappa shape index (κ1) is 37.4. The Balaban J connectivity index is -0.0000000320. The summed E-state index contributed by atoms with van der Waals surface area (Å²) in [5.74, 6) is 0. The van der Waals surface area contributed by atoms with Gasteiger partial charge in [-0.1, -0.05) is 0 Å². The van der Waals surface area contributed by atoms with Gasteiger partial charge in [0.25, 0.3) is 0 Å². The van der Waals surface area contributed by atoms with Crippen molar-refractivity contribution in [1.82, 2.24) is 0 Å². The van der Waals surface area contributed by atoms with Crippen molar-refractivity contribution in [3.05, 3.63) is 0 Å². The van der Waals surface area contributed by atoms with E-state index >= 15 is 0 Å². The first-order valence-corrected chi connectivity index (χ1v) is 4.10. The molecular formula is H12O12S2. The van der Waals surface area contributed by atoms with Crippen molar-refractivity contribution >= 4 is 20.8 Å². The lowest BCUT2D eigenvalue weighted by molar-refractivity contribution is 0.344. The second kappa shape index (κ2) is 10.7. The Labute approximate surface area is 78.6 Å². The van der Waals surface area contributed by atoms with E-state index < -0.39 is 20.8 Å². The van der Waals surface area contributed by atoms with Gasteiger partial charge in [0, 0.05) is 0 Å². The van der Waals surface area contributed by atoms with Gasteiger partial charge in [-0.3, -0.25) is 9.11 Å². The van der Waals surface area contributed by atoms with Crippen molar-refractivity contribution in [1.29, 1.82) is 0 Å². The Morgan fingerprint density at radius 2 is 0.786 bits per heavy atom. The minimum absolute atomic E-state index is 0. The standard InChI is InChI=1S/H2O7S2.5H2O/c1-8(2,3)7-9(4,5)6;;;;;/h(H,1,2,3)(H,4,5,6);5*1H2. The van der Waals surface area contributed by atoms with E-state index in [2.05, 4.69) is 3.63 Å². The first-order chi connectivity index (χ1) is 3.71. The molecule has 0 amide bonds. The lowest BCUT2D eigenvalue weighted by atomic mass is 15.8. The van der Waals surface area contributed by atoms with E-state index in [9.17, 15) is 16.8 Å². The van der Waals surface area contributed by atoms with Crippen molar-refractivity contribution in [3.63, 3.8) is 0 Å². The second-order valence-electron chi connectivity index (χ2n) is 0.924. The van der Waals surface area contributed by atoms with Crippen LogP contribution in [-0.4, -0.2) is 53.3 Å². The van der Waals surface area contributed by atoms with Crippen LogP contribution >= 0.6 is 0 Å². The molecule has 14 heteroatoms. The molecule has 0 atom stereocenters. The maximum absolute atomic E-state index is 9.44. The zero-order valence-corrected chi connectivity index (χ0v) is 7.89. The average Bonchev–Trinajstić information content (AvgIpc) is 1.14. The van der Waals surface area contributed by atoms with Crippen LogP contribution < -0.4 is 0 Å². The molecule has 0 rings (SSSR count). The molecule has 0 spiro atoms. The number of rotatable bonds is 2. The molecular weight excluding hydrogens is 256 g/mol. The summed E-state index contributed by atoms with van der Waals surface area (Å²) in [6, 6.07) is 0. The van der Waals surface area contributed by atoms with Crippen molar-refractivity contribution in [2.45, 2.75) is 0 Å². The highest BCUT2D eigenvalue weighted by Gasteiger charge is 2.15. The summed E-state index contributed by atoms with van der Waals surface area (Å²) in [6.45, 7) is 0. The van der Waals surface area contributed by atoms with Gasteiger partial charge in [-0.05, 0) is 0 Å². The predicted octanol–water partition coefficient (Wildman–Crippen LogP) is -5.51. The summed E-state index contributed by atoms with van der Waals surface area (Å²) in [5, 5.41) is 0. The number of hydrogen-bond donors (Lipinski definition) is 2. The molecule has 0 saturated heterocycles. The van der Waals surface area contributed by atoms with Crippen molar-refractivity contribution < 1.29 is 57.0 Å². The van der Waals surface area contributed by atoms with Crippen LogP contribution in [-0.2, 0) is 24.4 Å². The van der Waals surface area contributed by atoms with Crippen LogP contribution in [0.25, 0.3) is 0 Å². The highest BCUT2D eigenvalue weighted by Crippen LogP contribution is 1.91. The molecule has 0 radical (unpaired) electrons. The molecule has 12 nitrogen and oxygen atoms in total. The SMILES string of the molecule is O.O.O.O.O.O=S(=O)(O)OS(=O)(=O)O. The highest BCUT2D eigenvalue weighted by atomic mass is 32.3. The molecule has 0 fully saturated rings. The summed E-state index contributed by atoms with van der Waals surface area (Å²) in [6.07, 6.45) is 0. The maximum atomic E-state index is 9.44. The van der Waals surface area contributed by atoms with Crippen molar-refractivity contribution in [2.75, 3.05) is 0 Å².